The summed E-state index contributed by atoms with van der Waals surface area (Å²) < 4.78 is 39.1. The first-order chi connectivity index (χ1) is 18.1. The number of pyridine rings is 1. The maximum Gasteiger partial charge on any atom is 0.416 e. The van der Waals surface area contributed by atoms with Crippen LogP contribution in [0.3, 0.4) is 0 Å². The van der Waals surface area contributed by atoms with Crippen molar-refractivity contribution in [2.75, 3.05) is 12.4 Å². The summed E-state index contributed by atoms with van der Waals surface area (Å²) in [5.74, 6) is 0.594. The van der Waals surface area contributed by atoms with Crippen LogP contribution in [0.1, 0.15) is 80.8 Å². The number of aryl methyl sites for hydroxylation is 1. The van der Waals surface area contributed by atoms with Gasteiger partial charge in [-0.05, 0) is 41.8 Å². The second kappa shape index (κ2) is 17.1. The first kappa shape index (κ1) is 32.5. The standard InChI is InChI=1S/C15H11F3N2.C10H13N.C4H10.C3H8/c16-15(17,18)12-6-2-1-5-11(12)13-8-7-10-4-3-9-19-14(10)20-13;1-8-6-4-5-7-10(8)9(2)11-3;1-3-4-2;1-3-2/h1-9,13H,(H,19,20);4-7,11H,2H2,1,3H3;3-4H2,1-2H3;3H2,1-2H3. The van der Waals surface area contributed by atoms with Crippen molar-refractivity contribution in [3.8, 4) is 0 Å². The molecule has 206 valence electrons. The highest BCUT2D eigenvalue weighted by atomic mass is 19.4. The van der Waals surface area contributed by atoms with Crippen LogP contribution in [0.25, 0.3) is 11.8 Å². The number of anilines is 1. The van der Waals surface area contributed by atoms with Crippen LogP contribution in [0.4, 0.5) is 19.0 Å². The minimum atomic E-state index is -4.36. The smallest absolute Gasteiger partial charge is 0.388 e. The molecule has 38 heavy (non-hydrogen) atoms. The van der Waals surface area contributed by atoms with Crippen LogP contribution >= 0.6 is 0 Å². The van der Waals surface area contributed by atoms with Crippen LogP contribution in [0, 0.1) is 6.92 Å². The molecule has 0 saturated carbocycles. The summed E-state index contributed by atoms with van der Waals surface area (Å²) in [7, 11) is 1.88. The van der Waals surface area contributed by atoms with Gasteiger partial charge in [-0.3, -0.25) is 0 Å². The SMILES string of the molecule is C=C(NC)c1ccccc1C.CCC.CCCC.FC(F)(F)c1ccccc1C1C=Cc2cccnc2N1. The average Bonchev–Trinajstić information content (AvgIpc) is 2.93. The summed E-state index contributed by atoms with van der Waals surface area (Å²) in [6.45, 7) is 14.6. The van der Waals surface area contributed by atoms with Crippen molar-refractivity contribution in [1.82, 2.24) is 10.3 Å². The molecule has 2 aromatic carbocycles. The number of fused-ring (bicyclic) bond motifs is 1. The molecule has 1 unspecified atom stereocenters. The number of aromatic nitrogens is 1. The predicted octanol–water partition coefficient (Wildman–Crippen LogP) is 9.69. The quantitative estimate of drug-likeness (QED) is 0.356. The maximum absolute atomic E-state index is 13.0. The van der Waals surface area contributed by atoms with Gasteiger partial charge in [-0.25, -0.2) is 4.98 Å². The first-order valence-electron chi connectivity index (χ1n) is 13.1. The molecule has 1 atom stereocenters. The van der Waals surface area contributed by atoms with E-state index in [-0.39, 0.29) is 5.56 Å². The fraction of sp³-hybridized carbons (Fsp3) is 0.344. The van der Waals surface area contributed by atoms with Crippen LogP contribution < -0.4 is 10.6 Å². The monoisotopic (exact) mass is 525 g/mol. The van der Waals surface area contributed by atoms with Crippen LogP contribution in [0.2, 0.25) is 0 Å². The number of nitrogens with one attached hydrogen (secondary N) is 2. The van der Waals surface area contributed by atoms with Crippen molar-refractivity contribution in [3.05, 3.63) is 107 Å². The second-order valence-electron chi connectivity index (χ2n) is 8.76. The third-order valence-corrected chi connectivity index (χ3v) is 5.47. The van der Waals surface area contributed by atoms with Gasteiger partial charge >= 0.3 is 6.18 Å². The van der Waals surface area contributed by atoms with Crippen molar-refractivity contribution in [3.63, 3.8) is 0 Å². The molecule has 1 aromatic heterocycles. The molecule has 4 rings (SSSR count). The van der Waals surface area contributed by atoms with Gasteiger partial charge in [0.1, 0.15) is 5.82 Å². The molecule has 0 saturated heterocycles. The number of hydrogen-bond acceptors (Lipinski definition) is 3. The van der Waals surface area contributed by atoms with Gasteiger partial charge in [0.2, 0.25) is 0 Å². The summed E-state index contributed by atoms with van der Waals surface area (Å²) in [5, 5.41) is 6.06. The molecule has 0 spiro atoms. The highest BCUT2D eigenvalue weighted by Gasteiger charge is 2.35. The summed E-state index contributed by atoms with van der Waals surface area (Å²) in [4.78, 5) is 4.14. The highest BCUT2D eigenvalue weighted by Crippen LogP contribution is 2.37. The maximum atomic E-state index is 13.0. The van der Waals surface area contributed by atoms with Gasteiger partial charge in [0, 0.05) is 24.5 Å². The molecule has 2 N–H and O–H groups in total. The number of benzene rings is 2. The Morgan fingerprint density at radius 1 is 0.947 bits per heavy atom. The molecule has 0 radical (unpaired) electrons. The number of alkyl halides is 3. The molecule has 1 aliphatic rings. The van der Waals surface area contributed by atoms with E-state index in [9.17, 15) is 13.2 Å². The number of unbranched alkanes of at least 4 members (excludes halogenated alkanes) is 1. The Bertz CT molecular complexity index is 1130. The Kier molecular flexibility index (Phi) is 14.6. The van der Waals surface area contributed by atoms with Crippen molar-refractivity contribution >= 4 is 17.6 Å². The van der Waals surface area contributed by atoms with Gasteiger partial charge in [0.15, 0.2) is 0 Å². The molecule has 0 amide bonds. The van der Waals surface area contributed by atoms with Crippen molar-refractivity contribution in [2.24, 2.45) is 0 Å². The van der Waals surface area contributed by atoms with Crippen LogP contribution in [-0.2, 0) is 6.18 Å². The fourth-order valence-electron chi connectivity index (χ4n) is 3.32. The van der Waals surface area contributed by atoms with Gasteiger partial charge in [-0.1, -0.05) is 108 Å². The van der Waals surface area contributed by atoms with Gasteiger partial charge in [0.25, 0.3) is 0 Å². The Labute approximate surface area is 226 Å². The van der Waals surface area contributed by atoms with E-state index in [4.69, 9.17) is 0 Å². The molecular formula is C32H42F3N3. The summed E-state index contributed by atoms with van der Waals surface area (Å²) in [6, 6.07) is 16.9. The molecule has 0 bridgehead atoms. The molecule has 0 fully saturated rings. The van der Waals surface area contributed by atoms with E-state index in [1.807, 2.05) is 25.2 Å². The third kappa shape index (κ3) is 10.4. The fourth-order valence-corrected chi connectivity index (χ4v) is 3.32. The van der Waals surface area contributed by atoms with Crippen LogP contribution in [0.15, 0.2) is 79.5 Å². The van der Waals surface area contributed by atoms with E-state index in [2.05, 4.69) is 68.9 Å². The minimum Gasteiger partial charge on any atom is -0.388 e. The molecule has 2 heterocycles. The average molecular weight is 526 g/mol. The Morgan fingerprint density at radius 2 is 1.55 bits per heavy atom. The van der Waals surface area contributed by atoms with E-state index >= 15 is 0 Å². The van der Waals surface area contributed by atoms with Gasteiger partial charge in [-0.15, -0.1) is 0 Å². The van der Waals surface area contributed by atoms with E-state index in [0.29, 0.717) is 5.82 Å². The third-order valence-electron chi connectivity index (χ3n) is 5.47. The zero-order valence-electron chi connectivity index (χ0n) is 23.5. The highest BCUT2D eigenvalue weighted by molar-refractivity contribution is 5.68. The van der Waals surface area contributed by atoms with Crippen molar-refractivity contribution in [1.29, 1.82) is 0 Å². The number of rotatable bonds is 4. The van der Waals surface area contributed by atoms with Gasteiger partial charge < -0.3 is 10.6 Å². The zero-order valence-corrected chi connectivity index (χ0v) is 23.5. The minimum absolute atomic E-state index is 0.201. The first-order valence-corrected chi connectivity index (χ1v) is 13.1. The normalized spacial score (nSPS) is 13.1. The molecule has 3 aromatic rings. The molecule has 1 aliphatic heterocycles. The van der Waals surface area contributed by atoms with E-state index in [1.54, 1.807) is 30.5 Å². The summed E-state index contributed by atoms with van der Waals surface area (Å²) in [6.07, 6.45) is 4.64. The molecular weight excluding hydrogens is 483 g/mol. The number of nitrogens with zero attached hydrogens (tertiary/aromatic N) is 1. The van der Waals surface area contributed by atoms with Gasteiger partial charge in [0.05, 0.1) is 11.6 Å². The summed E-state index contributed by atoms with van der Waals surface area (Å²) in [5.41, 5.74) is 3.87. The number of hydrogen-bond donors (Lipinski definition) is 2. The molecule has 0 aliphatic carbocycles. The van der Waals surface area contributed by atoms with Crippen LogP contribution in [0.5, 0.6) is 0 Å². The molecule has 3 nitrogen and oxygen atoms in total. The lowest BCUT2D eigenvalue weighted by Crippen LogP contribution is -2.18. The van der Waals surface area contributed by atoms with Crippen molar-refractivity contribution < 1.29 is 13.2 Å². The lowest BCUT2D eigenvalue weighted by molar-refractivity contribution is -0.138. The van der Waals surface area contributed by atoms with Gasteiger partial charge in [-0.2, -0.15) is 13.2 Å². The Morgan fingerprint density at radius 3 is 2.13 bits per heavy atom. The Hall–Kier alpha value is -3.54. The topological polar surface area (TPSA) is 37.0 Å². The van der Waals surface area contributed by atoms with Crippen LogP contribution in [-0.4, -0.2) is 12.0 Å². The number of halogens is 3. The predicted molar refractivity (Wildman–Crippen MR) is 157 cm³/mol. The Balaban J connectivity index is 0.000000337. The lowest BCUT2D eigenvalue weighted by atomic mass is 9.97. The van der Waals surface area contributed by atoms with E-state index in [0.717, 1.165) is 17.3 Å². The summed E-state index contributed by atoms with van der Waals surface area (Å²) >= 11 is 0. The van der Waals surface area contributed by atoms with E-state index < -0.39 is 17.8 Å². The second-order valence-corrected chi connectivity index (χ2v) is 8.76. The largest absolute Gasteiger partial charge is 0.416 e. The van der Waals surface area contributed by atoms with Crippen molar-refractivity contribution in [2.45, 2.75) is 66.1 Å². The van der Waals surface area contributed by atoms with E-state index in [1.165, 1.54) is 42.5 Å². The zero-order chi connectivity index (χ0) is 28.6. The molecule has 6 heteroatoms. The lowest BCUT2D eigenvalue weighted by Gasteiger charge is -2.24.